The van der Waals surface area contributed by atoms with E-state index < -0.39 is 23.1 Å². The Morgan fingerprint density at radius 2 is 1.85 bits per heavy atom. The van der Waals surface area contributed by atoms with E-state index in [1.807, 2.05) is 31.2 Å². The van der Waals surface area contributed by atoms with E-state index in [0.717, 1.165) is 28.0 Å². The summed E-state index contributed by atoms with van der Waals surface area (Å²) in [7, 11) is 0. The van der Waals surface area contributed by atoms with E-state index in [2.05, 4.69) is 5.32 Å². The van der Waals surface area contributed by atoms with Crippen LogP contribution in [0.2, 0.25) is 0 Å². The van der Waals surface area contributed by atoms with Crippen molar-refractivity contribution in [1.29, 1.82) is 0 Å². The Bertz CT molecular complexity index is 1050. The van der Waals surface area contributed by atoms with Gasteiger partial charge in [-0.15, -0.1) is 0 Å². The first-order valence-corrected chi connectivity index (χ1v) is 8.11. The van der Waals surface area contributed by atoms with Crippen LogP contribution < -0.4 is 15.7 Å². The molecule has 1 amide bonds. The van der Waals surface area contributed by atoms with Crippen molar-refractivity contribution >= 4 is 11.6 Å². The second-order valence-electron chi connectivity index (χ2n) is 5.84. The number of rotatable bonds is 5. The van der Waals surface area contributed by atoms with Crippen molar-refractivity contribution in [3.8, 4) is 0 Å². The smallest absolute Gasteiger partial charge is 0.295 e. The van der Waals surface area contributed by atoms with Crippen LogP contribution in [0.15, 0.2) is 65.6 Å². The molecule has 0 aliphatic carbocycles. The minimum absolute atomic E-state index is 0.0366. The number of nitrogens with one attached hydrogen (secondary N) is 1. The van der Waals surface area contributed by atoms with Gasteiger partial charge in [-0.25, -0.2) is 8.78 Å². The van der Waals surface area contributed by atoms with Gasteiger partial charge in [-0.3, -0.25) is 9.59 Å². The Balaban J connectivity index is 1.77. The van der Waals surface area contributed by atoms with Crippen molar-refractivity contribution in [3.63, 3.8) is 0 Å². The predicted octanol–water partition coefficient (Wildman–Crippen LogP) is 3.32. The van der Waals surface area contributed by atoms with Gasteiger partial charge in [-0.2, -0.15) is 4.73 Å². The van der Waals surface area contributed by atoms with Crippen LogP contribution in [0.1, 0.15) is 21.5 Å². The molecular formula is C20H16F2N2O3. The minimum atomic E-state index is -1.10. The predicted molar refractivity (Wildman–Crippen MR) is 96.5 cm³/mol. The van der Waals surface area contributed by atoms with E-state index in [-0.39, 0.29) is 17.9 Å². The molecule has 138 valence electrons. The van der Waals surface area contributed by atoms with Gasteiger partial charge >= 0.3 is 0 Å². The third kappa shape index (κ3) is 4.20. The van der Waals surface area contributed by atoms with Crippen molar-refractivity contribution in [2.24, 2.45) is 0 Å². The first-order valence-electron chi connectivity index (χ1n) is 8.11. The van der Waals surface area contributed by atoms with Crippen molar-refractivity contribution in [2.75, 3.05) is 5.32 Å². The van der Waals surface area contributed by atoms with Gasteiger partial charge < -0.3 is 10.2 Å². The molecule has 27 heavy (non-hydrogen) atoms. The second-order valence-corrected chi connectivity index (χ2v) is 5.84. The number of nitrogens with zero attached hydrogens (tertiary/aromatic N) is 1. The van der Waals surface area contributed by atoms with Gasteiger partial charge in [0.05, 0.1) is 0 Å². The number of benzene rings is 2. The molecule has 0 saturated heterocycles. The van der Waals surface area contributed by atoms with Gasteiger partial charge in [0.15, 0.2) is 11.6 Å². The van der Waals surface area contributed by atoms with Crippen LogP contribution in [0.4, 0.5) is 14.5 Å². The van der Waals surface area contributed by atoms with E-state index in [4.69, 9.17) is 4.84 Å². The summed E-state index contributed by atoms with van der Waals surface area (Å²) < 4.78 is 27.2. The van der Waals surface area contributed by atoms with Gasteiger partial charge in [-0.1, -0.05) is 24.3 Å². The number of amides is 1. The van der Waals surface area contributed by atoms with Crippen molar-refractivity contribution < 1.29 is 18.4 Å². The highest BCUT2D eigenvalue weighted by atomic mass is 19.2. The molecule has 0 aliphatic rings. The number of pyridine rings is 1. The Morgan fingerprint density at radius 3 is 2.59 bits per heavy atom. The fraction of sp³-hybridized carbons (Fsp3) is 0.100. The molecule has 1 aromatic heterocycles. The highest BCUT2D eigenvalue weighted by Crippen LogP contribution is 2.13. The third-order valence-electron chi connectivity index (χ3n) is 3.96. The van der Waals surface area contributed by atoms with Crippen LogP contribution in [0.5, 0.6) is 0 Å². The standard InChI is InChI=1S/C20H16F2N2O3/c1-13-5-2-3-6-14(13)12-27-24-10-4-7-16(20(24)26)19(25)23-15-8-9-17(21)18(22)11-15/h2-11H,12H2,1H3,(H,23,25). The maximum absolute atomic E-state index is 13.3. The summed E-state index contributed by atoms with van der Waals surface area (Å²) in [5, 5.41) is 2.36. The Morgan fingerprint density at radius 1 is 1.07 bits per heavy atom. The van der Waals surface area contributed by atoms with E-state index >= 15 is 0 Å². The summed E-state index contributed by atoms with van der Waals surface area (Å²) in [6.45, 7) is 2.08. The van der Waals surface area contributed by atoms with Crippen molar-refractivity contribution in [1.82, 2.24) is 4.73 Å². The molecule has 0 spiro atoms. The number of carbonyl (C=O) groups excluding carboxylic acids is 1. The zero-order valence-electron chi connectivity index (χ0n) is 14.4. The van der Waals surface area contributed by atoms with Crippen molar-refractivity contribution in [3.05, 3.63) is 99.5 Å². The number of aromatic nitrogens is 1. The normalized spacial score (nSPS) is 10.5. The summed E-state index contributed by atoms with van der Waals surface area (Å²) in [5.41, 5.74) is 1.10. The van der Waals surface area contributed by atoms with Crippen LogP contribution in [0, 0.1) is 18.6 Å². The maximum atomic E-state index is 13.3. The number of anilines is 1. The first kappa shape index (κ1) is 18.3. The molecule has 7 heteroatoms. The topological polar surface area (TPSA) is 60.3 Å². The molecule has 0 saturated carbocycles. The van der Waals surface area contributed by atoms with Crippen LogP contribution >= 0.6 is 0 Å². The van der Waals surface area contributed by atoms with Gasteiger partial charge in [0.25, 0.3) is 11.5 Å². The first-order chi connectivity index (χ1) is 13.0. The van der Waals surface area contributed by atoms with Gasteiger partial charge in [0, 0.05) is 18.0 Å². The molecule has 0 unspecified atom stereocenters. The third-order valence-corrected chi connectivity index (χ3v) is 3.96. The van der Waals surface area contributed by atoms with E-state index in [1.165, 1.54) is 24.4 Å². The van der Waals surface area contributed by atoms with E-state index in [0.29, 0.717) is 0 Å². The van der Waals surface area contributed by atoms with Gasteiger partial charge in [0.2, 0.25) is 0 Å². The fourth-order valence-corrected chi connectivity index (χ4v) is 2.43. The lowest BCUT2D eigenvalue weighted by molar-refractivity contribution is 0.0861. The molecule has 0 atom stereocenters. The average Bonchev–Trinajstić information content (AvgIpc) is 2.65. The SMILES string of the molecule is Cc1ccccc1COn1cccc(C(=O)Nc2ccc(F)c(F)c2)c1=O. The van der Waals surface area contributed by atoms with Crippen LogP contribution in [0.3, 0.4) is 0 Å². The van der Waals surface area contributed by atoms with Crippen LogP contribution in [0.25, 0.3) is 0 Å². The maximum Gasteiger partial charge on any atom is 0.295 e. The summed E-state index contributed by atoms with van der Waals surface area (Å²) in [4.78, 5) is 30.3. The largest absolute Gasteiger partial charge is 0.406 e. The molecule has 2 aromatic carbocycles. The number of hydrogen-bond acceptors (Lipinski definition) is 3. The Hall–Kier alpha value is -3.48. The molecular weight excluding hydrogens is 354 g/mol. The van der Waals surface area contributed by atoms with E-state index in [1.54, 1.807) is 0 Å². The molecule has 3 aromatic rings. The number of carbonyl (C=O) groups is 1. The highest BCUT2D eigenvalue weighted by molar-refractivity contribution is 6.03. The summed E-state index contributed by atoms with van der Waals surface area (Å²) in [6.07, 6.45) is 1.40. The zero-order valence-corrected chi connectivity index (χ0v) is 14.4. The van der Waals surface area contributed by atoms with Crippen molar-refractivity contribution in [2.45, 2.75) is 13.5 Å². The van der Waals surface area contributed by atoms with Crippen LogP contribution in [-0.2, 0) is 6.61 Å². The lowest BCUT2D eigenvalue weighted by Crippen LogP contribution is -2.32. The molecule has 1 heterocycles. The average molecular weight is 370 g/mol. The fourth-order valence-electron chi connectivity index (χ4n) is 2.43. The summed E-state index contributed by atoms with van der Waals surface area (Å²) in [6, 6.07) is 13.3. The quantitative estimate of drug-likeness (QED) is 0.750. The Labute approximate surface area is 153 Å². The molecule has 3 rings (SSSR count). The Kier molecular flexibility index (Phi) is 5.30. The molecule has 1 N–H and O–H groups in total. The summed E-state index contributed by atoms with van der Waals surface area (Å²) in [5.74, 6) is -2.88. The molecule has 5 nitrogen and oxygen atoms in total. The molecule has 0 radical (unpaired) electrons. The monoisotopic (exact) mass is 370 g/mol. The number of hydrogen-bond donors (Lipinski definition) is 1. The molecule has 0 fully saturated rings. The minimum Gasteiger partial charge on any atom is -0.406 e. The summed E-state index contributed by atoms with van der Waals surface area (Å²) >= 11 is 0. The van der Waals surface area contributed by atoms with Crippen LogP contribution in [-0.4, -0.2) is 10.6 Å². The van der Waals surface area contributed by atoms with E-state index in [9.17, 15) is 18.4 Å². The number of aryl methyl sites for hydroxylation is 1. The second kappa shape index (κ2) is 7.82. The number of halogens is 2. The highest BCUT2D eigenvalue weighted by Gasteiger charge is 2.14. The van der Waals surface area contributed by atoms with Gasteiger partial charge in [0.1, 0.15) is 12.2 Å². The lowest BCUT2D eigenvalue weighted by Gasteiger charge is -2.11. The van der Waals surface area contributed by atoms with Gasteiger partial charge in [-0.05, 0) is 42.3 Å². The zero-order chi connectivity index (χ0) is 19.4. The lowest BCUT2D eigenvalue weighted by atomic mass is 10.1. The molecule has 0 bridgehead atoms. The molecule has 0 aliphatic heterocycles.